The zero-order chi connectivity index (χ0) is 13.9. The third kappa shape index (κ3) is 3.86. The molecule has 8 heteroatoms. The Kier molecular flexibility index (Phi) is 4.10. The van der Waals surface area contributed by atoms with Crippen molar-refractivity contribution in [2.45, 2.75) is 12.6 Å². The Hall–Kier alpha value is -1.86. The monoisotopic (exact) mass is 270 g/mol. The molecule has 0 amide bonds. The second-order valence-electron chi connectivity index (χ2n) is 3.25. The number of rotatable bonds is 4. The largest absolute Gasteiger partial charge is 0.488 e. The molecule has 1 aromatic rings. The lowest BCUT2D eigenvalue weighted by Gasteiger charge is -2.11. The van der Waals surface area contributed by atoms with Crippen molar-refractivity contribution in [1.29, 1.82) is 0 Å². The first-order valence-electron chi connectivity index (χ1n) is 4.56. The SMILES string of the molecule is O=C(O)c1cc(OCC(F)F)cc(C(F)(F)F)c1. The van der Waals surface area contributed by atoms with E-state index in [2.05, 4.69) is 4.74 Å². The van der Waals surface area contributed by atoms with Crippen LogP contribution in [0.5, 0.6) is 5.75 Å². The molecule has 0 saturated heterocycles. The molecular formula is C10H7F5O3. The number of carboxylic acid groups (broad SMARTS) is 1. The number of alkyl halides is 5. The second-order valence-corrected chi connectivity index (χ2v) is 3.25. The number of carbonyl (C=O) groups is 1. The number of ether oxygens (including phenoxy) is 1. The molecule has 3 nitrogen and oxygen atoms in total. The molecule has 0 radical (unpaired) electrons. The Bertz CT molecular complexity index is 442. The van der Waals surface area contributed by atoms with E-state index < -0.39 is 42.1 Å². The molecule has 1 rings (SSSR count). The minimum absolute atomic E-state index is 0.400. The van der Waals surface area contributed by atoms with Crippen molar-refractivity contribution in [2.75, 3.05) is 6.61 Å². The van der Waals surface area contributed by atoms with Gasteiger partial charge >= 0.3 is 12.1 Å². The summed E-state index contributed by atoms with van der Waals surface area (Å²) in [6.45, 7) is -1.11. The van der Waals surface area contributed by atoms with Gasteiger partial charge in [-0.3, -0.25) is 0 Å². The van der Waals surface area contributed by atoms with Gasteiger partial charge in [0.15, 0.2) is 0 Å². The summed E-state index contributed by atoms with van der Waals surface area (Å²) in [4.78, 5) is 10.6. The van der Waals surface area contributed by atoms with Crippen LogP contribution in [0.1, 0.15) is 15.9 Å². The Morgan fingerprint density at radius 1 is 1.28 bits per heavy atom. The summed E-state index contributed by atoms with van der Waals surface area (Å²) in [5.41, 5.74) is -1.96. The molecule has 0 fully saturated rings. The summed E-state index contributed by atoms with van der Waals surface area (Å²) in [6.07, 6.45) is -7.65. The van der Waals surface area contributed by atoms with Gasteiger partial charge in [-0.2, -0.15) is 13.2 Å². The summed E-state index contributed by atoms with van der Waals surface area (Å²) >= 11 is 0. The molecule has 0 bridgehead atoms. The highest BCUT2D eigenvalue weighted by Crippen LogP contribution is 2.32. The molecule has 0 saturated carbocycles. The number of halogens is 5. The molecule has 0 spiro atoms. The minimum atomic E-state index is -4.78. The van der Waals surface area contributed by atoms with Crippen LogP contribution >= 0.6 is 0 Å². The summed E-state index contributed by atoms with van der Waals surface area (Å²) < 4.78 is 65.3. The summed E-state index contributed by atoms with van der Waals surface area (Å²) in [5, 5.41) is 8.61. The topological polar surface area (TPSA) is 46.5 Å². The molecule has 100 valence electrons. The molecule has 0 aliphatic carbocycles. The van der Waals surface area contributed by atoms with Crippen LogP contribution in [0.25, 0.3) is 0 Å². The molecule has 0 heterocycles. The van der Waals surface area contributed by atoms with Gasteiger partial charge < -0.3 is 9.84 Å². The normalized spacial score (nSPS) is 11.7. The Labute approximate surface area is 97.8 Å². The lowest BCUT2D eigenvalue weighted by molar-refractivity contribution is -0.137. The lowest BCUT2D eigenvalue weighted by Crippen LogP contribution is -2.11. The molecule has 0 aromatic heterocycles. The van der Waals surface area contributed by atoms with E-state index >= 15 is 0 Å². The fourth-order valence-electron chi connectivity index (χ4n) is 1.13. The maximum absolute atomic E-state index is 12.4. The summed E-state index contributed by atoms with van der Waals surface area (Å²) in [5.74, 6) is -2.18. The smallest absolute Gasteiger partial charge is 0.416 e. The van der Waals surface area contributed by atoms with Crippen LogP contribution in [0, 0.1) is 0 Å². The van der Waals surface area contributed by atoms with Crippen LogP contribution in [-0.2, 0) is 6.18 Å². The van der Waals surface area contributed by atoms with Gasteiger partial charge in [0.05, 0.1) is 11.1 Å². The van der Waals surface area contributed by atoms with E-state index in [-0.39, 0.29) is 0 Å². The van der Waals surface area contributed by atoms with Crippen LogP contribution in [0.4, 0.5) is 22.0 Å². The predicted octanol–water partition coefficient (Wildman–Crippen LogP) is 3.05. The van der Waals surface area contributed by atoms with Gasteiger partial charge in [0.25, 0.3) is 6.43 Å². The van der Waals surface area contributed by atoms with Gasteiger partial charge in [0, 0.05) is 0 Å². The Morgan fingerprint density at radius 2 is 1.89 bits per heavy atom. The molecule has 1 N–H and O–H groups in total. The second kappa shape index (κ2) is 5.19. The first-order valence-corrected chi connectivity index (χ1v) is 4.56. The fourth-order valence-corrected chi connectivity index (χ4v) is 1.13. The molecule has 0 unspecified atom stereocenters. The van der Waals surface area contributed by atoms with Crippen molar-refractivity contribution < 1.29 is 36.6 Å². The van der Waals surface area contributed by atoms with E-state index in [1.807, 2.05) is 0 Å². The Balaban J connectivity index is 3.10. The van der Waals surface area contributed by atoms with Gasteiger partial charge in [-0.15, -0.1) is 0 Å². The molecule has 0 aliphatic rings. The molecule has 0 atom stereocenters. The predicted molar refractivity (Wildman–Crippen MR) is 49.9 cm³/mol. The van der Waals surface area contributed by atoms with Crippen LogP contribution < -0.4 is 4.74 Å². The van der Waals surface area contributed by atoms with Gasteiger partial charge in [-0.25, -0.2) is 13.6 Å². The first kappa shape index (κ1) is 14.2. The number of benzene rings is 1. The van der Waals surface area contributed by atoms with Gasteiger partial charge in [0.1, 0.15) is 12.4 Å². The van der Waals surface area contributed by atoms with E-state index in [0.29, 0.717) is 12.1 Å². The van der Waals surface area contributed by atoms with Crippen LogP contribution in [-0.4, -0.2) is 24.1 Å². The van der Waals surface area contributed by atoms with Crippen molar-refractivity contribution in [3.05, 3.63) is 29.3 Å². The first-order chi connectivity index (χ1) is 8.20. The van der Waals surface area contributed by atoms with Crippen molar-refractivity contribution in [3.63, 3.8) is 0 Å². The summed E-state index contributed by atoms with van der Waals surface area (Å²) in [7, 11) is 0. The number of aromatic carboxylic acids is 1. The van der Waals surface area contributed by atoms with Crippen molar-refractivity contribution in [3.8, 4) is 5.75 Å². The van der Waals surface area contributed by atoms with E-state index in [0.717, 1.165) is 6.07 Å². The quantitative estimate of drug-likeness (QED) is 0.855. The standard InChI is InChI=1S/C10H7F5O3/c11-8(12)4-18-7-2-5(9(16)17)1-6(3-7)10(13,14)15/h1-3,8H,4H2,(H,16,17). The highest BCUT2D eigenvalue weighted by atomic mass is 19.4. The molecular weight excluding hydrogens is 263 g/mol. The maximum Gasteiger partial charge on any atom is 0.416 e. The van der Waals surface area contributed by atoms with E-state index in [4.69, 9.17) is 5.11 Å². The van der Waals surface area contributed by atoms with Crippen molar-refractivity contribution >= 4 is 5.97 Å². The average molecular weight is 270 g/mol. The maximum atomic E-state index is 12.4. The Morgan fingerprint density at radius 3 is 2.33 bits per heavy atom. The minimum Gasteiger partial charge on any atom is -0.488 e. The third-order valence-electron chi connectivity index (χ3n) is 1.86. The van der Waals surface area contributed by atoms with Gasteiger partial charge in [0.2, 0.25) is 0 Å². The van der Waals surface area contributed by atoms with Crippen molar-refractivity contribution in [1.82, 2.24) is 0 Å². The van der Waals surface area contributed by atoms with Crippen LogP contribution in [0.3, 0.4) is 0 Å². The molecule has 1 aromatic carbocycles. The van der Waals surface area contributed by atoms with Gasteiger partial charge in [-0.1, -0.05) is 0 Å². The third-order valence-corrected chi connectivity index (χ3v) is 1.86. The highest BCUT2D eigenvalue weighted by molar-refractivity contribution is 5.88. The van der Waals surface area contributed by atoms with Crippen LogP contribution in [0.15, 0.2) is 18.2 Å². The van der Waals surface area contributed by atoms with Crippen molar-refractivity contribution in [2.24, 2.45) is 0 Å². The van der Waals surface area contributed by atoms with E-state index in [1.54, 1.807) is 0 Å². The average Bonchev–Trinajstić information content (AvgIpc) is 2.24. The molecule has 18 heavy (non-hydrogen) atoms. The van der Waals surface area contributed by atoms with Gasteiger partial charge in [-0.05, 0) is 18.2 Å². The number of carboxylic acids is 1. The highest BCUT2D eigenvalue weighted by Gasteiger charge is 2.32. The fraction of sp³-hybridized carbons (Fsp3) is 0.300. The number of hydrogen-bond acceptors (Lipinski definition) is 2. The van der Waals surface area contributed by atoms with E-state index in [1.165, 1.54) is 0 Å². The van der Waals surface area contributed by atoms with E-state index in [9.17, 15) is 26.7 Å². The zero-order valence-electron chi connectivity index (χ0n) is 8.67. The lowest BCUT2D eigenvalue weighted by atomic mass is 10.1. The summed E-state index contributed by atoms with van der Waals surface area (Å²) in [6, 6.07) is 1.62. The number of hydrogen-bond donors (Lipinski definition) is 1. The zero-order valence-corrected chi connectivity index (χ0v) is 8.67. The van der Waals surface area contributed by atoms with Crippen LogP contribution in [0.2, 0.25) is 0 Å². The molecule has 0 aliphatic heterocycles.